The highest BCUT2D eigenvalue weighted by Crippen LogP contribution is 2.19. The Morgan fingerprint density at radius 3 is 2.33 bits per heavy atom. The zero-order valence-corrected chi connectivity index (χ0v) is 11.3. The molecule has 0 heterocycles. The Hall–Kier alpha value is -2.60. The quantitative estimate of drug-likeness (QED) is 0.806. The molecule has 2 rings (SSSR count). The fraction of sp³-hybridized carbons (Fsp3) is 0. The lowest BCUT2D eigenvalue weighted by molar-refractivity contribution is 0.0697. The molecule has 7 heteroatoms. The number of hydrogen-bond acceptors (Lipinski definition) is 2. The first-order valence-electron chi connectivity index (χ1n) is 5.82. The van der Waals surface area contributed by atoms with Gasteiger partial charge in [0.05, 0.1) is 10.6 Å². The molecule has 0 saturated carbocycles. The monoisotopic (exact) mass is 308 g/mol. The number of anilines is 2. The smallest absolute Gasteiger partial charge is 0.335 e. The summed E-state index contributed by atoms with van der Waals surface area (Å²) in [5.41, 5.74) is 0.580. The second kappa shape index (κ2) is 6.23. The van der Waals surface area contributed by atoms with E-state index in [9.17, 15) is 14.0 Å². The molecule has 21 heavy (non-hydrogen) atoms. The lowest BCUT2D eigenvalue weighted by atomic mass is 10.2. The zero-order chi connectivity index (χ0) is 15.4. The van der Waals surface area contributed by atoms with Gasteiger partial charge in [-0.2, -0.15) is 0 Å². The van der Waals surface area contributed by atoms with Crippen molar-refractivity contribution in [3.63, 3.8) is 0 Å². The summed E-state index contributed by atoms with van der Waals surface area (Å²) in [6, 6.07) is 8.96. The zero-order valence-electron chi connectivity index (χ0n) is 10.6. The molecule has 2 amide bonds. The first-order valence-corrected chi connectivity index (χ1v) is 6.20. The van der Waals surface area contributed by atoms with Gasteiger partial charge in [-0.1, -0.05) is 17.7 Å². The second-order valence-corrected chi connectivity index (χ2v) is 4.50. The number of amides is 2. The molecule has 108 valence electrons. The van der Waals surface area contributed by atoms with Crippen molar-refractivity contribution in [2.45, 2.75) is 0 Å². The number of urea groups is 1. The summed E-state index contributed by atoms with van der Waals surface area (Å²) in [6.07, 6.45) is 0. The van der Waals surface area contributed by atoms with E-state index in [0.29, 0.717) is 5.69 Å². The lowest BCUT2D eigenvalue weighted by Crippen LogP contribution is -2.19. The fourth-order valence-electron chi connectivity index (χ4n) is 1.60. The number of aromatic carboxylic acids is 1. The van der Waals surface area contributed by atoms with Gasteiger partial charge in [0.1, 0.15) is 5.82 Å². The molecule has 0 fully saturated rings. The third-order valence-electron chi connectivity index (χ3n) is 2.54. The predicted molar refractivity (Wildman–Crippen MR) is 77.5 cm³/mol. The fourth-order valence-corrected chi connectivity index (χ4v) is 1.71. The average Bonchev–Trinajstić information content (AvgIpc) is 2.43. The predicted octanol–water partition coefficient (Wildman–Crippen LogP) is 3.82. The number of hydrogen-bond donors (Lipinski definition) is 3. The van der Waals surface area contributed by atoms with E-state index in [1.807, 2.05) is 0 Å². The third-order valence-corrected chi connectivity index (χ3v) is 2.85. The van der Waals surface area contributed by atoms with E-state index < -0.39 is 17.8 Å². The van der Waals surface area contributed by atoms with Crippen LogP contribution >= 0.6 is 11.6 Å². The number of carbonyl (C=O) groups excluding carboxylic acids is 1. The van der Waals surface area contributed by atoms with Crippen molar-refractivity contribution in [1.29, 1.82) is 0 Å². The molecule has 0 aliphatic rings. The summed E-state index contributed by atoms with van der Waals surface area (Å²) in [5.74, 6) is -1.75. The van der Waals surface area contributed by atoms with Crippen LogP contribution in [0.15, 0.2) is 42.5 Å². The van der Waals surface area contributed by atoms with Gasteiger partial charge in [-0.25, -0.2) is 14.0 Å². The van der Waals surface area contributed by atoms with Crippen molar-refractivity contribution >= 4 is 35.0 Å². The van der Waals surface area contributed by atoms with Gasteiger partial charge >= 0.3 is 12.0 Å². The Morgan fingerprint density at radius 2 is 1.71 bits per heavy atom. The summed E-state index contributed by atoms with van der Waals surface area (Å²) < 4.78 is 13.2. The van der Waals surface area contributed by atoms with Crippen LogP contribution in [0.4, 0.5) is 20.6 Å². The van der Waals surface area contributed by atoms with Crippen molar-refractivity contribution in [2.24, 2.45) is 0 Å². The van der Waals surface area contributed by atoms with Crippen LogP contribution in [0.25, 0.3) is 0 Å². The maximum Gasteiger partial charge on any atom is 0.335 e. The van der Waals surface area contributed by atoms with Gasteiger partial charge in [0.2, 0.25) is 0 Å². The van der Waals surface area contributed by atoms with Crippen LogP contribution in [0.5, 0.6) is 0 Å². The Balaban J connectivity index is 2.06. The Kier molecular flexibility index (Phi) is 4.39. The molecule has 0 atom stereocenters. The van der Waals surface area contributed by atoms with E-state index in [1.54, 1.807) is 0 Å². The van der Waals surface area contributed by atoms with Gasteiger partial charge in [-0.3, -0.25) is 0 Å². The molecule has 3 N–H and O–H groups in total. The molecular weight excluding hydrogens is 299 g/mol. The van der Waals surface area contributed by atoms with E-state index in [4.69, 9.17) is 16.7 Å². The maximum atomic E-state index is 13.2. The Bertz CT molecular complexity index is 706. The van der Waals surface area contributed by atoms with Crippen LogP contribution in [0.3, 0.4) is 0 Å². The van der Waals surface area contributed by atoms with E-state index in [-0.39, 0.29) is 16.3 Å². The number of carbonyl (C=O) groups is 2. The molecule has 0 bridgehead atoms. The molecule has 0 aliphatic carbocycles. The largest absolute Gasteiger partial charge is 0.478 e. The molecule has 0 radical (unpaired) electrons. The summed E-state index contributed by atoms with van der Waals surface area (Å²) >= 11 is 5.54. The summed E-state index contributed by atoms with van der Waals surface area (Å²) in [4.78, 5) is 22.6. The highest BCUT2D eigenvalue weighted by molar-refractivity contribution is 6.30. The van der Waals surface area contributed by atoms with Crippen molar-refractivity contribution in [2.75, 3.05) is 10.6 Å². The average molecular weight is 309 g/mol. The van der Waals surface area contributed by atoms with Crippen LogP contribution in [0, 0.1) is 5.82 Å². The van der Waals surface area contributed by atoms with Crippen molar-refractivity contribution in [1.82, 2.24) is 0 Å². The van der Waals surface area contributed by atoms with Crippen molar-refractivity contribution < 1.29 is 19.1 Å². The maximum absolute atomic E-state index is 13.2. The van der Waals surface area contributed by atoms with Gasteiger partial charge in [-0.15, -0.1) is 0 Å². The number of benzene rings is 2. The minimum absolute atomic E-state index is 0.0462. The molecule has 2 aromatic rings. The minimum Gasteiger partial charge on any atom is -0.478 e. The Labute approximate surface area is 124 Å². The van der Waals surface area contributed by atoms with Crippen LogP contribution in [0.2, 0.25) is 5.02 Å². The molecule has 2 aromatic carbocycles. The number of rotatable bonds is 3. The molecule has 5 nitrogen and oxygen atoms in total. The number of carboxylic acids is 1. The van der Waals surface area contributed by atoms with Crippen LogP contribution < -0.4 is 10.6 Å². The normalized spacial score (nSPS) is 10.0. The van der Waals surface area contributed by atoms with Crippen LogP contribution in [-0.4, -0.2) is 17.1 Å². The van der Waals surface area contributed by atoms with E-state index in [1.165, 1.54) is 36.4 Å². The molecule has 0 unspecified atom stereocenters. The number of carboxylic acid groups (broad SMARTS) is 1. The second-order valence-electron chi connectivity index (χ2n) is 4.09. The van der Waals surface area contributed by atoms with Gasteiger partial charge in [0.15, 0.2) is 0 Å². The van der Waals surface area contributed by atoms with Gasteiger partial charge in [-0.05, 0) is 36.4 Å². The van der Waals surface area contributed by atoms with Crippen molar-refractivity contribution in [3.8, 4) is 0 Å². The Morgan fingerprint density at radius 1 is 1.05 bits per heavy atom. The molecular formula is C14H10ClFN2O3. The minimum atomic E-state index is -1.10. The highest BCUT2D eigenvalue weighted by atomic mass is 35.5. The van der Waals surface area contributed by atoms with E-state index in [0.717, 1.165) is 6.07 Å². The lowest BCUT2D eigenvalue weighted by Gasteiger charge is -2.08. The molecule has 0 saturated heterocycles. The topological polar surface area (TPSA) is 78.4 Å². The van der Waals surface area contributed by atoms with Gasteiger partial charge in [0, 0.05) is 11.4 Å². The van der Waals surface area contributed by atoms with Gasteiger partial charge < -0.3 is 15.7 Å². The summed E-state index contributed by atoms with van der Waals surface area (Å²) in [7, 11) is 0. The van der Waals surface area contributed by atoms with Gasteiger partial charge in [0.25, 0.3) is 0 Å². The molecule has 0 aliphatic heterocycles. The van der Waals surface area contributed by atoms with E-state index in [2.05, 4.69) is 10.6 Å². The summed E-state index contributed by atoms with van der Waals surface area (Å²) in [5, 5.41) is 13.7. The SMILES string of the molecule is O=C(Nc1cccc(C(=O)O)c1)Nc1ccc(Cl)c(F)c1. The summed E-state index contributed by atoms with van der Waals surface area (Å²) in [6.45, 7) is 0. The van der Waals surface area contributed by atoms with Crippen LogP contribution in [0.1, 0.15) is 10.4 Å². The highest BCUT2D eigenvalue weighted by Gasteiger charge is 2.07. The standard InChI is InChI=1S/C14H10ClFN2O3/c15-11-5-4-10(7-12(11)16)18-14(21)17-9-3-1-2-8(6-9)13(19)20/h1-7H,(H,19,20)(H2,17,18,21). The molecule has 0 spiro atoms. The third kappa shape index (κ3) is 3.93. The van der Waals surface area contributed by atoms with E-state index >= 15 is 0 Å². The van der Waals surface area contributed by atoms with Crippen LogP contribution in [-0.2, 0) is 0 Å². The first-order chi connectivity index (χ1) is 9.95. The molecule has 0 aromatic heterocycles. The first kappa shape index (κ1) is 14.8. The van der Waals surface area contributed by atoms with Crippen molar-refractivity contribution in [3.05, 3.63) is 58.9 Å². The number of halogens is 2. The number of nitrogens with one attached hydrogen (secondary N) is 2.